The van der Waals surface area contributed by atoms with Crippen molar-refractivity contribution in [2.24, 2.45) is 7.05 Å². The quantitative estimate of drug-likeness (QED) is 0.670. The molecule has 0 aliphatic carbocycles. The van der Waals surface area contributed by atoms with Crippen LogP contribution in [0.5, 0.6) is 0 Å². The van der Waals surface area contributed by atoms with Gasteiger partial charge in [0, 0.05) is 7.05 Å². The van der Waals surface area contributed by atoms with Crippen molar-refractivity contribution in [3.63, 3.8) is 0 Å². The average molecular weight is 272 g/mol. The second-order valence-corrected chi connectivity index (χ2v) is 4.24. The highest BCUT2D eigenvalue weighted by molar-refractivity contribution is 5.68. The molecule has 1 atom stereocenters. The van der Waals surface area contributed by atoms with Crippen LogP contribution in [-0.4, -0.2) is 19.7 Å². The number of hydrogen-bond donors (Lipinski definition) is 1. The van der Waals surface area contributed by atoms with Crippen LogP contribution in [0.1, 0.15) is 24.4 Å². The Hall–Kier alpha value is -2.95. The van der Waals surface area contributed by atoms with E-state index in [1.54, 1.807) is 30.1 Å². The number of rotatable bonds is 4. The molecule has 1 unspecified atom stereocenters. The minimum Gasteiger partial charge on any atom is -0.370 e. The number of para-hydroxylation sites is 1. The molecular formula is C12H12N6O2. The molecule has 0 aliphatic rings. The Bertz CT molecular complexity index is 687. The first-order valence-electron chi connectivity index (χ1n) is 5.82. The van der Waals surface area contributed by atoms with Gasteiger partial charge in [-0.2, -0.15) is 5.26 Å². The number of aromatic nitrogens is 3. The maximum absolute atomic E-state index is 11.1. The Morgan fingerprint density at radius 1 is 1.55 bits per heavy atom. The van der Waals surface area contributed by atoms with Crippen LogP contribution in [0.25, 0.3) is 0 Å². The van der Waals surface area contributed by atoms with Gasteiger partial charge in [-0.3, -0.25) is 10.1 Å². The summed E-state index contributed by atoms with van der Waals surface area (Å²) in [5.41, 5.74) is 0.0683. The van der Waals surface area contributed by atoms with Crippen LogP contribution >= 0.6 is 0 Å². The highest BCUT2D eigenvalue weighted by Gasteiger charge is 2.22. The third kappa shape index (κ3) is 2.42. The highest BCUT2D eigenvalue weighted by Crippen LogP contribution is 2.30. The molecule has 0 spiro atoms. The summed E-state index contributed by atoms with van der Waals surface area (Å²) in [6, 6.07) is 6.11. The number of nitro benzene ring substituents is 1. The minimum atomic E-state index is -0.565. The molecule has 2 aromatic rings. The number of hydrogen-bond acceptors (Lipinski definition) is 6. The maximum atomic E-state index is 11.1. The molecule has 0 amide bonds. The van der Waals surface area contributed by atoms with Crippen LogP contribution in [0.15, 0.2) is 24.5 Å². The lowest BCUT2D eigenvalue weighted by molar-refractivity contribution is -0.384. The van der Waals surface area contributed by atoms with E-state index in [1.165, 1.54) is 6.07 Å². The SMILES string of the molecule is CC(Nc1cccc(C#N)c1[N+](=O)[O-])c1nncn1C. The van der Waals surface area contributed by atoms with E-state index in [-0.39, 0.29) is 23.0 Å². The van der Waals surface area contributed by atoms with Gasteiger partial charge in [0.25, 0.3) is 0 Å². The summed E-state index contributed by atoms with van der Waals surface area (Å²) in [6.07, 6.45) is 1.55. The van der Waals surface area contributed by atoms with E-state index in [9.17, 15) is 10.1 Å². The zero-order chi connectivity index (χ0) is 14.7. The molecule has 0 bridgehead atoms. The maximum Gasteiger partial charge on any atom is 0.309 e. The van der Waals surface area contributed by atoms with Crippen LogP contribution in [0.2, 0.25) is 0 Å². The van der Waals surface area contributed by atoms with Crippen molar-refractivity contribution < 1.29 is 4.92 Å². The molecule has 20 heavy (non-hydrogen) atoms. The van der Waals surface area contributed by atoms with Crippen molar-refractivity contribution in [3.8, 4) is 6.07 Å². The lowest BCUT2D eigenvalue weighted by Crippen LogP contribution is -2.13. The Morgan fingerprint density at radius 3 is 2.85 bits per heavy atom. The monoisotopic (exact) mass is 272 g/mol. The predicted molar refractivity (Wildman–Crippen MR) is 70.9 cm³/mol. The first-order chi connectivity index (χ1) is 9.54. The number of benzene rings is 1. The van der Waals surface area contributed by atoms with Gasteiger partial charge in [0.15, 0.2) is 5.82 Å². The van der Waals surface area contributed by atoms with Gasteiger partial charge in [-0.1, -0.05) is 6.07 Å². The molecule has 1 aromatic heterocycles. The van der Waals surface area contributed by atoms with Crippen LogP contribution in [-0.2, 0) is 7.05 Å². The molecule has 0 radical (unpaired) electrons. The summed E-state index contributed by atoms with van der Waals surface area (Å²) in [6.45, 7) is 1.81. The van der Waals surface area contributed by atoms with Crippen molar-refractivity contribution in [1.82, 2.24) is 14.8 Å². The van der Waals surface area contributed by atoms with Crippen molar-refractivity contribution in [1.29, 1.82) is 5.26 Å². The van der Waals surface area contributed by atoms with Gasteiger partial charge in [0.05, 0.1) is 11.0 Å². The smallest absolute Gasteiger partial charge is 0.309 e. The number of nitrogens with one attached hydrogen (secondary N) is 1. The summed E-state index contributed by atoms with van der Waals surface area (Å²) >= 11 is 0. The minimum absolute atomic E-state index is 0.0187. The molecule has 1 heterocycles. The Morgan fingerprint density at radius 2 is 2.30 bits per heavy atom. The second kappa shape index (κ2) is 5.36. The largest absolute Gasteiger partial charge is 0.370 e. The Balaban J connectivity index is 2.37. The van der Waals surface area contributed by atoms with Gasteiger partial charge in [0.1, 0.15) is 23.6 Å². The normalized spacial score (nSPS) is 11.7. The van der Waals surface area contributed by atoms with E-state index in [2.05, 4.69) is 15.5 Å². The fraction of sp³-hybridized carbons (Fsp3) is 0.250. The molecule has 102 valence electrons. The van der Waals surface area contributed by atoms with Crippen LogP contribution in [0.3, 0.4) is 0 Å². The first kappa shape index (κ1) is 13.5. The zero-order valence-corrected chi connectivity index (χ0v) is 10.9. The van der Waals surface area contributed by atoms with Crippen molar-refractivity contribution in [2.45, 2.75) is 13.0 Å². The summed E-state index contributed by atoms with van der Waals surface area (Å²) in [5, 5.41) is 30.8. The molecule has 0 aliphatic heterocycles. The number of nitriles is 1. The van der Waals surface area contributed by atoms with E-state index in [1.807, 2.05) is 13.0 Å². The van der Waals surface area contributed by atoms with Gasteiger partial charge < -0.3 is 9.88 Å². The molecule has 2 rings (SSSR count). The lowest BCUT2D eigenvalue weighted by atomic mass is 10.1. The second-order valence-electron chi connectivity index (χ2n) is 4.24. The predicted octanol–water partition coefficient (Wildman–Crippen LogP) is 1.77. The van der Waals surface area contributed by atoms with E-state index in [0.717, 1.165) is 0 Å². The van der Waals surface area contributed by atoms with Gasteiger partial charge >= 0.3 is 5.69 Å². The first-order valence-corrected chi connectivity index (χ1v) is 5.82. The third-order valence-electron chi connectivity index (χ3n) is 2.84. The van der Waals surface area contributed by atoms with Crippen molar-refractivity contribution in [3.05, 3.63) is 46.0 Å². The van der Waals surface area contributed by atoms with Crippen molar-refractivity contribution >= 4 is 11.4 Å². The third-order valence-corrected chi connectivity index (χ3v) is 2.84. The average Bonchev–Trinajstić information content (AvgIpc) is 2.84. The number of aryl methyl sites for hydroxylation is 1. The number of nitro groups is 1. The summed E-state index contributed by atoms with van der Waals surface area (Å²) in [7, 11) is 1.79. The fourth-order valence-electron chi connectivity index (χ4n) is 1.93. The van der Waals surface area contributed by atoms with Gasteiger partial charge in [0.2, 0.25) is 0 Å². The molecule has 0 saturated carbocycles. The molecule has 0 fully saturated rings. The van der Waals surface area contributed by atoms with Crippen molar-refractivity contribution in [2.75, 3.05) is 5.32 Å². The molecule has 0 saturated heterocycles. The Labute approximate surface area is 114 Å². The van der Waals surface area contributed by atoms with Gasteiger partial charge in [-0.25, -0.2) is 0 Å². The molecular weight excluding hydrogens is 260 g/mol. The lowest BCUT2D eigenvalue weighted by Gasteiger charge is -2.14. The molecule has 1 aromatic carbocycles. The molecule has 8 heteroatoms. The zero-order valence-electron chi connectivity index (χ0n) is 10.9. The number of nitrogens with zero attached hydrogens (tertiary/aromatic N) is 5. The van der Waals surface area contributed by atoms with Crippen LogP contribution < -0.4 is 5.32 Å². The van der Waals surface area contributed by atoms with Gasteiger partial charge in [-0.15, -0.1) is 10.2 Å². The highest BCUT2D eigenvalue weighted by atomic mass is 16.6. The van der Waals surface area contributed by atoms with E-state index in [0.29, 0.717) is 5.82 Å². The number of anilines is 1. The van der Waals surface area contributed by atoms with E-state index < -0.39 is 4.92 Å². The van der Waals surface area contributed by atoms with E-state index in [4.69, 9.17) is 5.26 Å². The summed E-state index contributed by atoms with van der Waals surface area (Å²) in [4.78, 5) is 10.6. The van der Waals surface area contributed by atoms with Crippen LogP contribution in [0.4, 0.5) is 11.4 Å². The standard InChI is InChI=1S/C12H12N6O2/c1-8(12-16-14-7-17(12)2)15-10-5-3-4-9(6-13)11(10)18(19)20/h3-5,7-8,15H,1-2H3. The Kier molecular flexibility index (Phi) is 3.61. The summed E-state index contributed by atoms with van der Waals surface area (Å²) in [5.74, 6) is 0.640. The summed E-state index contributed by atoms with van der Waals surface area (Å²) < 4.78 is 1.72. The topological polar surface area (TPSA) is 110 Å². The van der Waals surface area contributed by atoms with E-state index >= 15 is 0 Å². The molecule has 1 N–H and O–H groups in total. The fourth-order valence-corrected chi connectivity index (χ4v) is 1.93. The molecule has 8 nitrogen and oxygen atoms in total. The van der Waals surface area contributed by atoms with Gasteiger partial charge in [-0.05, 0) is 19.1 Å². The van der Waals surface area contributed by atoms with Crippen LogP contribution in [0, 0.1) is 21.4 Å².